The third-order valence-electron chi connectivity index (χ3n) is 2.31. The normalized spacial score (nSPS) is 28.1. The van der Waals surface area contributed by atoms with E-state index in [1.54, 1.807) is 0 Å². The molecule has 0 radical (unpaired) electrons. The van der Waals surface area contributed by atoms with Crippen LogP contribution < -0.4 is 5.32 Å². The molecule has 0 bridgehead atoms. The Morgan fingerprint density at radius 1 is 1.69 bits per heavy atom. The van der Waals surface area contributed by atoms with Crippen LogP contribution in [0.2, 0.25) is 0 Å². The van der Waals surface area contributed by atoms with Crippen molar-refractivity contribution in [2.75, 3.05) is 6.61 Å². The Morgan fingerprint density at radius 2 is 2.62 bits per heavy atom. The summed E-state index contributed by atoms with van der Waals surface area (Å²) in [5.74, 6) is 0.694. The van der Waals surface area contributed by atoms with Crippen LogP contribution in [0.25, 0.3) is 0 Å². The van der Waals surface area contributed by atoms with Gasteiger partial charge in [-0.2, -0.15) is 4.98 Å². The van der Waals surface area contributed by atoms with E-state index in [0.29, 0.717) is 18.4 Å². The SMILES string of the molecule is CC1OCCC1NCc1ncon1. The van der Waals surface area contributed by atoms with E-state index in [0.717, 1.165) is 13.0 Å². The van der Waals surface area contributed by atoms with E-state index in [1.165, 1.54) is 6.39 Å². The van der Waals surface area contributed by atoms with Crippen LogP contribution in [0.1, 0.15) is 19.2 Å². The molecule has 2 atom stereocenters. The second-order valence-electron chi connectivity index (χ2n) is 3.20. The zero-order chi connectivity index (χ0) is 9.10. The van der Waals surface area contributed by atoms with E-state index in [2.05, 4.69) is 26.9 Å². The molecule has 2 unspecified atom stereocenters. The van der Waals surface area contributed by atoms with Crippen molar-refractivity contribution >= 4 is 0 Å². The summed E-state index contributed by atoms with van der Waals surface area (Å²) in [7, 11) is 0. The molecule has 0 aliphatic carbocycles. The van der Waals surface area contributed by atoms with Gasteiger partial charge in [0.15, 0.2) is 5.82 Å². The highest BCUT2D eigenvalue weighted by Gasteiger charge is 2.23. The zero-order valence-electron chi connectivity index (χ0n) is 7.56. The van der Waals surface area contributed by atoms with Gasteiger partial charge in [-0.3, -0.25) is 0 Å². The molecule has 1 aromatic heterocycles. The summed E-state index contributed by atoms with van der Waals surface area (Å²) in [6.07, 6.45) is 2.68. The van der Waals surface area contributed by atoms with Gasteiger partial charge in [-0.1, -0.05) is 5.16 Å². The van der Waals surface area contributed by atoms with E-state index in [4.69, 9.17) is 4.74 Å². The fraction of sp³-hybridized carbons (Fsp3) is 0.750. The molecule has 5 heteroatoms. The first kappa shape index (κ1) is 8.65. The lowest BCUT2D eigenvalue weighted by atomic mass is 10.1. The number of aromatic nitrogens is 2. The molecule has 1 aromatic rings. The number of hydrogen-bond acceptors (Lipinski definition) is 5. The van der Waals surface area contributed by atoms with Crippen molar-refractivity contribution in [3.63, 3.8) is 0 Å². The van der Waals surface area contributed by atoms with Crippen LogP contribution in [0.15, 0.2) is 10.9 Å². The minimum absolute atomic E-state index is 0.284. The molecule has 2 rings (SSSR count). The summed E-state index contributed by atoms with van der Waals surface area (Å²) < 4.78 is 10.0. The van der Waals surface area contributed by atoms with E-state index in [-0.39, 0.29) is 6.10 Å². The Labute approximate surface area is 76.5 Å². The van der Waals surface area contributed by atoms with Crippen molar-refractivity contribution in [1.82, 2.24) is 15.5 Å². The summed E-state index contributed by atoms with van der Waals surface area (Å²) in [4.78, 5) is 3.92. The zero-order valence-corrected chi connectivity index (χ0v) is 7.56. The first-order valence-electron chi connectivity index (χ1n) is 4.46. The smallest absolute Gasteiger partial charge is 0.213 e. The van der Waals surface area contributed by atoms with Crippen LogP contribution in [0, 0.1) is 0 Å². The molecule has 1 saturated heterocycles. The third-order valence-corrected chi connectivity index (χ3v) is 2.31. The molecule has 0 spiro atoms. The topological polar surface area (TPSA) is 60.2 Å². The van der Waals surface area contributed by atoms with Gasteiger partial charge in [0.25, 0.3) is 0 Å². The molecule has 0 saturated carbocycles. The van der Waals surface area contributed by atoms with Crippen molar-refractivity contribution in [2.45, 2.75) is 32.0 Å². The van der Waals surface area contributed by atoms with E-state index in [9.17, 15) is 0 Å². The summed E-state index contributed by atoms with van der Waals surface area (Å²) in [5, 5.41) is 7.04. The molecule has 1 fully saturated rings. The molecule has 1 N–H and O–H groups in total. The van der Waals surface area contributed by atoms with Crippen LogP contribution >= 0.6 is 0 Å². The van der Waals surface area contributed by atoms with Gasteiger partial charge in [-0.15, -0.1) is 0 Å². The van der Waals surface area contributed by atoms with Gasteiger partial charge >= 0.3 is 0 Å². The first-order valence-corrected chi connectivity index (χ1v) is 4.46. The summed E-state index contributed by atoms with van der Waals surface area (Å²) in [6, 6.07) is 0.415. The lowest BCUT2D eigenvalue weighted by Crippen LogP contribution is -2.34. The second-order valence-corrected chi connectivity index (χ2v) is 3.20. The monoisotopic (exact) mass is 183 g/mol. The van der Waals surface area contributed by atoms with Gasteiger partial charge in [0.2, 0.25) is 6.39 Å². The first-order chi connectivity index (χ1) is 6.36. The molecule has 0 amide bonds. The molecule has 5 nitrogen and oxygen atoms in total. The molecule has 1 aliphatic rings. The average Bonchev–Trinajstić information content (AvgIpc) is 2.72. The summed E-state index contributed by atoms with van der Waals surface area (Å²) in [6.45, 7) is 3.56. The summed E-state index contributed by atoms with van der Waals surface area (Å²) in [5.41, 5.74) is 0. The van der Waals surface area contributed by atoms with E-state index in [1.807, 2.05) is 0 Å². The van der Waals surface area contributed by atoms with Crippen molar-refractivity contribution in [2.24, 2.45) is 0 Å². The Balaban J connectivity index is 1.79. The van der Waals surface area contributed by atoms with Gasteiger partial charge in [0, 0.05) is 12.6 Å². The van der Waals surface area contributed by atoms with Gasteiger partial charge in [0.1, 0.15) is 0 Å². The maximum atomic E-state index is 5.41. The van der Waals surface area contributed by atoms with Crippen molar-refractivity contribution in [1.29, 1.82) is 0 Å². The molecule has 2 heterocycles. The third kappa shape index (κ3) is 2.05. The van der Waals surface area contributed by atoms with Gasteiger partial charge in [0.05, 0.1) is 12.6 Å². The number of hydrogen-bond donors (Lipinski definition) is 1. The minimum atomic E-state index is 0.284. The standard InChI is InChI=1S/C8H13N3O2/c1-6-7(2-3-12-6)9-4-8-10-5-13-11-8/h5-7,9H,2-4H2,1H3. The number of rotatable bonds is 3. The van der Waals surface area contributed by atoms with Gasteiger partial charge < -0.3 is 14.6 Å². The highest BCUT2D eigenvalue weighted by molar-refractivity contribution is 4.83. The van der Waals surface area contributed by atoms with Gasteiger partial charge in [-0.05, 0) is 13.3 Å². The minimum Gasteiger partial charge on any atom is -0.377 e. The average molecular weight is 183 g/mol. The molecular formula is C8H13N3O2. The van der Waals surface area contributed by atoms with Crippen molar-refractivity contribution in [3.05, 3.63) is 12.2 Å². The lowest BCUT2D eigenvalue weighted by molar-refractivity contribution is 0.113. The predicted molar refractivity (Wildman–Crippen MR) is 45.0 cm³/mol. The predicted octanol–water partition coefficient (Wildman–Crippen LogP) is 0.337. The molecule has 72 valence electrons. The van der Waals surface area contributed by atoms with Crippen LogP contribution in [-0.2, 0) is 11.3 Å². The van der Waals surface area contributed by atoms with Gasteiger partial charge in [-0.25, -0.2) is 0 Å². The molecular weight excluding hydrogens is 170 g/mol. The number of nitrogens with zero attached hydrogens (tertiary/aromatic N) is 2. The molecule has 13 heavy (non-hydrogen) atoms. The quantitative estimate of drug-likeness (QED) is 0.732. The van der Waals surface area contributed by atoms with E-state index < -0.39 is 0 Å². The second kappa shape index (κ2) is 3.85. The number of nitrogens with one attached hydrogen (secondary N) is 1. The van der Waals surface area contributed by atoms with Crippen LogP contribution in [0.5, 0.6) is 0 Å². The van der Waals surface area contributed by atoms with Crippen molar-refractivity contribution in [3.8, 4) is 0 Å². The Bertz CT molecular complexity index is 250. The van der Waals surface area contributed by atoms with Crippen LogP contribution in [0.4, 0.5) is 0 Å². The maximum Gasteiger partial charge on any atom is 0.213 e. The lowest BCUT2D eigenvalue weighted by Gasteiger charge is -2.14. The Hall–Kier alpha value is -0.940. The van der Waals surface area contributed by atoms with E-state index >= 15 is 0 Å². The maximum absolute atomic E-state index is 5.41. The largest absolute Gasteiger partial charge is 0.377 e. The van der Waals surface area contributed by atoms with Crippen molar-refractivity contribution < 1.29 is 9.26 Å². The fourth-order valence-electron chi connectivity index (χ4n) is 1.49. The number of ether oxygens (including phenoxy) is 1. The van der Waals surface area contributed by atoms with Crippen LogP contribution in [-0.4, -0.2) is 28.9 Å². The molecule has 1 aliphatic heterocycles. The summed E-state index contributed by atoms with van der Waals surface area (Å²) >= 11 is 0. The fourth-order valence-corrected chi connectivity index (χ4v) is 1.49. The highest BCUT2D eigenvalue weighted by Crippen LogP contribution is 2.12. The highest BCUT2D eigenvalue weighted by atomic mass is 16.5. The molecule has 0 aromatic carbocycles. The van der Waals surface area contributed by atoms with Crippen LogP contribution in [0.3, 0.4) is 0 Å². The Kier molecular flexibility index (Phi) is 2.56. The Morgan fingerprint density at radius 3 is 3.23 bits per heavy atom.